The van der Waals surface area contributed by atoms with Gasteiger partial charge in [0.15, 0.2) is 4.67 Å². The zero-order chi connectivity index (χ0) is 14.3. The molecule has 1 aromatic heterocycles. The van der Waals surface area contributed by atoms with Gasteiger partial charge < -0.3 is 9.73 Å². The summed E-state index contributed by atoms with van der Waals surface area (Å²) >= 11 is 3.20. The van der Waals surface area contributed by atoms with Crippen LogP contribution in [0.2, 0.25) is 0 Å². The third kappa shape index (κ3) is 3.44. The normalized spacial score (nSPS) is 21.1. The van der Waals surface area contributed by atoms with Crippen molar-refractivity contribution >= 4 is 26.0 Å². The van der Waals surface area contributed by atoms with E-state index in [0.717, 1.165) is 12.8 Å². The average Bonchev–Trinajstić information content (AvgIpc) is 3.24. The SMILES string of the molecule is CC(NS(=O)(=O)c1cc(CNC2CC2)oc1Br)C1CC1. The Labute approximate surface area is 127 Å². The van der Waals surface area contributed by atoms with Crippen LogP contribution in [0.4, 0.5) is 0 Å². The van der Waals surface area contributed by atoms with Crippen LogP contribution in [0.5, 0.6) is 0 Å². The van der Waals surface area contributed by atoms with Gasteiger partial charge in [-0.1, -0.05) is 0 Å². The topological polar surface area (TPSA) is 71.3 Å². The molecule has 2 saturated carbocycles. The van der Waals surface area contributed by atoms with Gasteiger partial charge >= 0.3 is 0 Å². The van der Waals surface area contributed by atoms with Gasteiger partial charge in [-0.15, -0.1) is 0 Å². The largest absolute Gasteiger partial charge is 0.452 e. The fraction of sp³-hybridized carbons (Fsp3) is 0.692. The minimum atomic E-state index is -3.52. The molecule has 1 heterocycles. The number of halogens is 1. The maximum absolute atomic E-state index is 12.3. The highest BCUT2D eigenvalue weighted by molar-refractivity contribution is 9.10. The minimum absolute atomic E-state index is 0.0187. The maximum atomic E-state index is 12.3. The summed E-state index contributed by atoms with van der Waals surface area (Å²) in [4.78, 5) is 0.192. The molecule has 1 aromatic rings. The molecule has 0 aromatic carbocycles. The van der Waals surface area contributed by atoms with E-state index in [1.165, 1.54) is 12.8 Å². The molecular formula is C13H19BrN2O3S. The number of nitrogens with one attached hydrogen (secondary N) is 2. The fourth-order valence-electron chi connectivity index (χ4n) is 2.20. The summed E-state index contributed by atoms with van der Waals surface area (Å²) in [6, 6.07) is 2.14. The summed E-state index contributed by atoms with van der Waals surface area (Å²) < 4.78 is 33.2. The molecule has 112 valence electrons. The van der Waals surface area contributed by atoms with Crippen LogP contribution in [0.3, 0.4) is 0 Å². The van der Waals surface area contributed by atoms with E-state index < -0.39 is 10.0 Å². The van der Waals surface area contributed by atoms with Crippen LogP contribution in [0, 0.1) is 5.92 Å². The van der Waals surface area contributed by atoms with Crippen LogP contribution in [0.15, 0.2) is 20.0 Å². The molecule has 2 aliphatic carbocycles. The Hall–Kier alpha value is -0.370. The lowest BCUT2D eigenvalue weighted by atomic mass is 10.2. The van der Waals surface area contributed by atoms with Crippen molar-refractivity contribution in [2.24, 2.45) is 5.92 Å². The molecule has 0 radical (unpaired) electrons. The Bertz CT molecular complexity index is 591. The monoisotopic (exact) mass is 362 g/mol. The van der Waals surface area contributed by atoms with Gasteiger partial charge in [-0.2, -0.15) is 0 Å². The molecule has 1 unspecified atom stereocenters. The molecule has 20 heavy (non-hydrogen) atoms. The van der Waals surface area contributed by atoms with Crippen LogP contribution in [0.25, 0.3) is 0 Å². The molecule has 0 aliphatic heterocycles. The third-order valence-electron chi connectivity index (χ3n) is 3.81. The van der Waals surface area contributed by atoms with Gasteiger partial charge in [0.2, 0.25) is 10.0 Å². The molecule has 2 aliphatic rings. The first-order valence-corrected chi connectivity index (χ1v) is 9.27. The quantitative estimate of drug-likeness (QED) is 0.780. The molecular weight excluding hydrogens is 344 g/mol. The summed E-state index contributed by atoms with van der Waals surface area (Å²) in [6.07, 6.45) is 4.58. The predicted molar refractivity (Wildman–Crippen MR) is 78.8 cm³/mol. The Morgan fingerprint density at radius 1 is 1.40 bits per heavy atom. The Balaban J connectivity index is 1.70. The van der Waals surface area contributed by atoms with Crippen LogP contribution in [0.1, 0.15) is 38.4 Å². The van der Waals surface area contributed by atoms with Crippen molar-refractivity contribution in [3.63, 3.8) is 0 Å². The number of hydrogen-bond acceptors (Lipinski definition) is 4. The number of sulfonamides is 1. The van der Waals surface area contributed by atoms with Gasteiger partial charge in [0, 0.05) is 18.2 Å². The van der Waals surface area contributed by atoms with Crippen molar-refractivity contribution in [3.8, 4) is 0 Å². The molecule has 7 heteroatoms. The Morgan fingerprint density at radius 2 is 2.10 bits per heavy atom. The second-order valence-electron chi connectivity index (χ2n) is 5.75. The van der Waals surface area contributed by atoms with Gasteiger partial charge in [0.05, 0.1) is 6.54 Å². The summed E-state index contributed by atoms with van der Waals surface area (Å²) in [6.45, 7) is 2.48. The zero-order valence-corrected chi connectivity index (χ0v) is 13.8. The maximum Gasteiger partial charge on any atom is 0.245 e. The van der Waals surface area contributed by atoms with Gasteiger partial charge in [-0.05, 0) is 54.5 Å². The van der Waals surface area contributed by atoms with Crippen LogP contribution >= 0.6 is 15.9 Å². The van der Waals surface area contributed by atoms with E-state index in [0.29, 0.717) is 24.3 Å². The number of hydrogen-bond donors (Lipinski definition) is 2. The molecule has 0 amide bonds. The first-order chi connectivity index (χ1) is 9.45. The molecule has 3 rings (SSSR count). The van der Waals surface area contributed by atoms with E-state index >= 15 is 0 Å². The molecule has 2 fully saturated rings. The molecule has 5 nitrogen and oxygen atoms in total. The Kier molecular flexibility index (Phi) is 3.96. The summed E-state index contributed by atoms with van der Waals surface area (Å²) in [5.74, 6) is 1.12. The van der Waals surface area contributed by atoms with Crippen LogP contribution in [-0.4, -0.2) is 20.5 Å². The zero-order valence-electron chi connectivity index (χ0n) is 11.4. The fourth-order valence-corrected chi connectivity index (χ4v) is 4.51. The molecule has 0 saturated heterocycles. The summed E-state index contributed by atoms with van der Waals surface area (Å²) in [7, 11) is -3.52. The number of furan rings is 1. The van der Waals surface area contributed by atoms with E-state index in [1.807, 2.05) is 6.92 Å². The minimum Gasteiger partial charge on any atom is -0.452 e. The first kappa shape index (κ1) is 14.6. The van der Waals surface area contributed by atoms with Crippen molar-refractivity contribution in [3.05, 3.63) is 16.5 Å². The highest BCUT2D eigenvalue weighted by Gasteiger charge is 2.33. The van der Waals surface area contributed by atoms with E-state index in [9.17, 15) is 8.42 Å². The van der Waals surface area contributed by atoms with E-state index in [-0.39, 0.29) is 15.6 Å². The van der Waals surface area contributed by atoms with Gasteiger partial charge in [-0.3, -0.25) is 0 Å². The lowest BCUT2D eigenvalue weighted by molar-refractivity contribution is 0.459. The summed E-state index contributed by atoms with van der Waals surface area (Å²) in [5.41, 5.74) is 0. The van der Waals surface area contributed by atoms with E-state index in [1.54, 1.807) is 6.07 Å². The van der Waals surface area contributed by atoms with Crippen LogP contribution < -0.4 is 10.0 Å². The number of rotatable bonds is 7. The third-order valence-corrected chi connectivity index (χ3v) is 6.22. The van der Waals surface area contributed by atoms with Gasteiger partial charge in [0.1, 0.15) is 10.7 Å². The van der Waals surface area contributed by atoms with Gasteiger partial charge in [0.25, 0.3) is 0 Å². The average molecular weight is 363 g/mol. The smallest absolute Gasteiger partial charge is 0.245 e. The highest BCUT2D eigenvalue weighted by Crippen LogP contribution is 2.34. The molecule has 0 bridgehead atoms. The second kappa shape index (κ2) is 5.44. The standard InChI is InChI=1S/C13H19BrN2O3S/c1-8(9-2-3-9)16-20(17,18)12-6-11(19-13(12)14)7-15-10-4-5-10/h6,8-10,15-16H,2-5,7H2,1H3. The predicted octanol–water partition coefficient (Wildman–Crippen LogP) is 2.37. The lowest BCUT2D eigenvalue weighted by Crippen LogP contribution is -2.34. The van der Waals surface area contributed by atoms with E-state index in [2.05, 4.69) is 26.0 Å². The first-order valence-electron chi connectivity index (χ1n) is 6.99. The molecule has 1 atom stereocenters. The Morgan fingerprint density at radius 3 is 2.70 bits per heavy atom. The van der Waals surface area contributed by atoms with Crippen molar-refractivity contribution in [1.82, 2.24) is 10.0 Å². The van der Waals surface area contributed by atoms with Gasteiger partial charge in [-0.25, -0.2) is 13.1 Å². The van der Waals surface area contributed by atoms with Crippen molar-refractivity contribution in [2.45, 2.75) is 56.1 Å². The highest BCUT2D eigenvalue weighted by atomic mass is 79.9. The lowest BCUT2D eigenvalue weighted by Gasteiger charge is -2.12. The second-order valence-corrected chi connectivity index (χ2v) is 8.16. The van der Waals surface area contributed by atoms with E-state index in [4.69, 9.17) is 4.42 Å². The van der Waals surface area contributed by atoms with Crippen LogP contribution in [-0.2, 0) is 16.6 Å². The van der Waals surface area contributed by atoms with Crippen molar-refractivity contribution < 1.29 is 12.8 Å². The van der Waals surface area contributed by atoms with Crippen molar-refractivity contribution in [2.75, 3.05) is 0 Å². The van der Waals surface area contributed by atoms with Crippen molar-refractivity contribution in [1.29, 1.82) is 0 Å². The summed E-state index contributed by atoms with van der Waals surface area (Å²) in [5, 5.41) is 3.30. The molecule has 0 spiro atoms. The molecule has 2 N–H and O–H groups in total.